The minimum absolute atomic E-state index is 0.0372. The number of carbonyl (C=O) groups is 1. The summed E-state index contributed by atoms with van der Waals surface area (Å²) in [6.07, 6.45) is 0.330. The lowest BCUT2D eigenvalue weighted by molar-refractivity contribution is -0.121. The van der Waals surface area contributed by atoms with Crippen molar-refractivity contribution in [3.63, 3.8) is 0 Å². The van der Waals surface area contributed by atoms with Crippen molar-refractivity contribution < 1.29 is 4.79 Å². The molecular weight excluding hydrogens is 341 g/mol. The molecule has 1 atom stereocenters. The van der Waals surface area contributed by atoms with Crippen molar-refractivity contribution in [3.05, 3.63) is 81.8 Å². The van der Waals surface area contributed by atoms with E-state index < -0.39 is 0 Å². The van der Waals surface area contributed by atoms with E-state index in [-0.39, 0.29) is 11.9 Å². The molecule has 1 N–H and O–H groups in total. The van der Waals surface area contributed by atoms with Gasteiger partial charge in [0, 0.05) is 10.0 Å². The van der Waals surface area contributed by atoms with Gasteiger partial charge in [-0.15, -0.1) is 0 Å². The van der Waals surface area contributed by atoms with E-state index in [9.17, 15) is 4.79 Å². The lowest BCUT2D eigenvalue weighted by Crippen LogP contribution is -2.28. The van der Waals surface area contributed by atoms with E-state index in [0.29, 0.717) is 16.5 Å². The van der Waals surface area contributed by atoms with Crippen molar-refractivity contribution in [1.82, 2.24) is 5.32 Å². The molecule has 0 radical (unpaired) electrons. The second kappa shape index (κ2) is 7.25. The summed E-state index contributed by atoms with van der Waals surface area (Å²) in [6, 6.07) is 19.2. The van der Waals surface area contributed by atoms with Gasteiger partial charge in [0.2, 0.25) is 5.91 Å². The number of rotatable bonds is 4. The summed E-state index contributed by atoms with van der Waals surface area (Å²) in [5, 5.41) is 6.38. The zero-order valence-corrected chi connectivity index (χ0v) is 14.7. The van der Waals surface area contributed by atoms with Gasteiger partial charge < -0.3 is 5.32 Å². The molecule has 2 nitrogen and oxygen atoms in total. The fourth-order valence-electron chi connectivity index (χ4n) is 2.84. The Balaban J connectivity index is 1.75. The van der Waals surface area contributed by atoms with Gasteiger partial charge in [0.1, 0.15) is 0 Å². The van der Waals surface area contributed by atoms with Crippen LogP contribution in [0.2, 0.25) is 10.0 Å². The monoisotopic (exact) mass is 357 g/mol. The highest BCUT2D eigenvalue weighted by molar-refractivity contribution is 6.35. The molecule has 0 fully saturated rings. The van der Waals surface area contributed by atoms with E-state index in [1.807, 2.05) is 55.5 Å². The topological polar surface area (TPSA) is 29.1 Å². The van der Waals surface area contributed by atoms with Gasteiger partial charge in [-0.2, -0.15) is 0 Å². The van der Waals surface area contributed by atoms with Gasteiger partial charge in [-0.05, 0) is 41.0 Å². The van der Waals surface area contributed by atoms with Crippen LogP contribution in [0.5, 0.6) is 0 Å². The molecule has 4 heteroatoms. The molecule has 0 aromatic heterocycles. The molecule has 3 rings (SSSR count). The van der Waals surface area contributed by atoms with Crippen LogP contribution < -0.4 is 5.32 Å². The van der Waals surface area contributed by atoms with Gasteiger partial charge >= 0.3 is 0 Å². The van der Waals surface area contributed by atoms with E-state index in [0.717, 1.165) is 21.9 Å². The zero-order valence-electron chi connectivity index (χ0n) is 13.2. The highest BCUT2D eigenvalue weighted by Crippen LogP contribution is 2.26. The first-order valence-corrected chi connectivity index (χ1v) is 8.51. The summed E-state index contributed by atoms with van der Waals surface area (Å²) in [7, 11) is 0. The first-order valence-electron chi connectivity index (χ1n) is 7.75. The third-order valence-corrected chi connectivity index (χ3v) is 4.60. The summed E-state index contributed by atoms with van der Waals surface area (Å²) >= 11 is 12.1. The Kier molecular flexibility index (Phi) is 5.08. The molecule has 0 bridgehead atoms. The van der Waals surface area contributed by atoms with E-state index in [2.05, 4.69) is 5.32 Å². The number of halogens is 2. The van der Waals surface area contributed by atoms with Crippen LogP contribution in [0.4, 0.5) is 0 Å². The van der Waals surface area contributed by atoms with E-state index in [4.69, 9.17) is 23.2 Å². The fourth-order valence-corrected chi connectivity index (χ4v) is 3.41. The third kappa shape index (κ3) is 3.72. The molecule has 0 saturated heterocycles. The largest absolute Gasteiger partial charge is 0.349 e. The summed E-state index contributed by atoms with van der Waals surface area (Å²) < 4.78 is 0. The van der Waals surface area contributed by atoms with Crippen LogP contribution in [0.15, 0.2) is 60.7 Å². The molecule has 3 aromatic carbocycles. The Labute approximate surface area is 151 Å². The summed E-state index contributed by atoms with van der Waals surface area (Å²) in [5.74, 6) is -0.0372. The molecule has 0 saturated carbocycles. The van der Waals surface area contributed by atoms with E-state index in [1.165, 1.54) is 0 Å². The van der Waals surface area contributed by atoms with Crippen LogP contribution in [0.25, 0.3) is 10.8 Å². The molecule has 0 heterocycles. The van der Waals surface area contributed by atoms with Crippen LogP contribution >= 0.6 is 23.2 Å². The quantitative estimate of drug-likeness (QED) is 0.649. The molecule has 1 amide bonds. The van der Waals surface area contributed by atoms with Crippen LogP contribution in [0.1, 0.15) is 24.1 Å². The predicted octanol–water partition coefficient (Wildman–Crippen LogP) is 5.57. The smallest absolute Gasteiger partial charge is 0.224 e. The number of amides is 1. The first kappa shape index (κ1) is 16.8. The highest BCUT2D eigenvalue weighted by atomic mass is 35.5. The Morgan fingerprint density at radius 3 is 2.58 bits per heavy atom. The summed E-state index contributed by atoms with van der Waals surface area (Å²) in [6.45, 7) is 1.91. The van der Waals surface area contributed by atoms with Gasteiger partial charge in [0.15, 0.2) is 0 Å². The maximum Gasteiger partial charge on any atom is 0.224 e. The van der Waals surface area contributed by atoms with Crippen molar-refractivity contribution in [2.75, 3.05) is 0 Å². The molecule has 0 unspecified atom stereocenters. The Morgan fingerprint density at radius 2 is 1.79 bits per heavy atom. The number of carbonyl (C=O) groups excluding carboxylic acids is 1. The molecular formula is C20H17Cl2NO. The second-order valence-corrected chi connectivity index (χ2v) is 6.61. The van der Waals surface area contributed by atoms with Crippen molar-refractivity contribution in [3.8, 4) is 0 Å². The lowest BCUT2D eigenvalue weighted by atomic mass is 10.0. The zero-order chi connectivity index (χ0) is 17.1. The number of fused-ring (bicyclic) bond motifs is 1. The molecule has 0 spiro atoms. The molecule has 0 aliphatic heterocycles. The van der Waals surface area contributed by atoms with Gasteiger partial charge in [-0.3, -0.25) is 4.79 Å². The Bertz CT molecular complexity index is 886. The fraction of sp³-hybridized carbons (Fsp3) is 0.150. The standard InChI is InChI=1S/C20H17Cl2NO/c1-13(17-10-9-16(21)12-19(17)22)23-20(24)11-15-7-4-6-14-5-2-3-8-18(14)15/h2-10,12-13H,11H2,1H3,(H,23,24)/t13-/m0/s1. The van der Waals surface area contributed by atoms with E-state index in [1.54, 1.807) is 12.1 Å². The average Bonchev–Trinajstić information content (AvgIpc) is 2.55. The maximum absolute atomic E-state index is 12.4. The maximum atomic E-state index is 12.4. The predicted molar refractivity (Wildman–Crippen MR) is 101 cm³/mol. The molecule has 0 aliphatic rings. The molecule has 122 valence electrons. The number of nitrogens with one attached hydrogen (secondary N) is 1. The van der Waals surface area contributed by atoms with Crippen LogP contribution in [-0.4, -0.2) is 5.91 Å². The van der Waals surface area contributed by atoms with Gasteiger partial charge in [0.25, 0.3) is 0 Å². The van der Waals surface area contributed by atoms with Gasteiger partial charge in [-0.1, -0.05) is 71.7 Å². The number of hydrogen-bond acceptors (Lipinski definition) is 1. The SMILES string of the molecule is C[C@H](NC(=O)Cc1cccc2ccccc12)c1ccc(Cl)cc1Cl. The van der Waals surface area contributed by atoms with Gasteiger partial charge in [-0.25, -0.2) is 0 Å². The van der Waals surface area contributed by atoms with Crippen molar-refractivity contribution in [2.24, 2.45) is 0 Å². The minimum Gasteiger partial charge on any atom is -0.349 e. The molecule has 0 aliphatic carbocycles. The van der Waals surface area contributed by atoms with E-state index >= 15 is 0 Å². The van der Waals surface area contributed by atoms with Gasteiger partial charge in [0.05, 0.1) is 12.5 Å². The highest BCUT2D eigenvalue weighted by Gasteiger charge is 2.14. The summed E-state index contributed by atoms with van der Waals surface area (Å²) in [4.78, 5) is 12.4. The number of benzene rings is 3. The van der Waals surface area contributed by atoms with Crippen LogP contribution in [0.3, 0.4) is 0 Å². The Morgan fingerprint density at radius 1 is 1.04 bits per heavy atom. The first-order chi connectivity index (χ1) is 11.5. The average molecular weight is 358 g/mol. The Hall–Kier alpha value is -2.03. The van der Waals surface area contributed by atoms with Crippen molar-refractivity contribution in [1.29, 1.82) is 0 Å². The van der Waals surface area contributed by atoms with Crippen molar-refractivity contribution in [2.45, 2.75) is 19.4 Å². The van der Waals surface area contributed by atoms with Crippen molar-refractivity contribution >= 4 is 39.9 Å². The third-order valence-electron chi connectivity index (χ3n) is 4.04. The number of hydrogen-bond donors (Lipinski definition) is 1. The summed E-state index contributed by atoms with van der Waals surface area (Å²) in [5.41, 5.74) is 1.87. The molecule has 24 heavy (non-hydrogen) atoms. The normalized spacial score (nSPS) is 12.1. The second-order valence-electron chi connectivity index (χ2n) is 5.77. The minimum atomic E-state index is -0.183. The van der Waals surface area contributed by atoms with Crippen LogP contribution in [-0.2, 0) is 11.2 Å². The van der Waals surface area contributed by atoms with Crippen LogP contribution in [0, 0.1) is 0 Å². The molecule has 3 aromatic rings. The lowest BCUT2D eigenvalue weighted by Gasteiger charge is -2.16.